The summed E-state index contributed by atoms with van der Waals surface area (Å²) in [4.78, 5) is 12.0. The third kappa shape index (κ3) is 10.8. The number of hydrogen-bond donors (Lipinski definition) is 0. The van der Waals surface area contributed by atoms with Crippen molar-refractivity contribution >= 4 is 5.97 Å². The zero-order valence-electron chi connectivity index (χ0n) is 16.6. The van der Waals surface area contributed by atoms with E-state index in [4.69, 9.17) is 4.74 Å². The van der Waals surface area contributed by atoms with Gasteiger partial charge >= 0.3 is 5.97 Å². The van der Waals surface area contributed by atoms with Crippen molar-refractivity contribution < 1.29 is 14.0 Å². The first-order chi connectivity index (χ1) is 11.9. The number of allylic oxidation sites excluding steroid dienone is 1. The van der Waals surface area contributed by atoms with Crippen LogP contribution in [0.1, 0.15) is 51.5 Å². The topological polar surface area (TPSA) is 26.3 Å². The fourth-order valence-corrected chi connectivity index (χ4v) is 2.74. The van der Waals surface area contributed by atoms with Crippen LogP contribution in [0.3, 0.4) is 0 Å². The number of nitrogens with zero attached hydrogens (tertiary/aromatic N) is 1. The molecule has 0 unspecified atom stereocenters. The van der Waals surface area contributed by atoms with E-state index in [9.17, 15) is 4.79 Å². The number of unbranched alkanes of at least 4 members (excludes halogenated alkanes) is 4. The zero-order valence-corrected chi connectivity index (χ0v) is 16.6. The minimum atomic E-state index is -0.0883. The Morgan fingerprint density at radius 3 is 2.44 bits per heavy atom. The second-order valence-corrected chi connectivity index (χ2v) is 7.62. The van der Waals surface area contributed by atoms with Crippen molar-refractivity contribution in [3.05, 3.63) is 47.5 Å². The number of ether oxygens (including phenoxy) is 1. The lowest BCUT2D eigenvalue weighted by Gasteiger charge is -2.27. The standard InChI is InChI=1S/C22H36NO2/c1-5-6-7-8-12-17-25-22(24)19-23(3,4)16-15-20(2)18-21-13-10-9-11-14-21/h9-11,13-15H,5-8,12,16-19H2,1-4H3/q+1/b20-15-. The van der Waals surface area contributed by atoms with Gasteiger partial charge in [-0.05, 0) is 31.4 Å². The predicted octanol–water partition coefficient (Wildman–Crippen LogP) is 4.77. The van der Waals surface area contributed by atoms with Gasteiger partial charge in [-0.15, -0.1) is 0 Å². The van der Waals surface area contributed by atoms with Crippen LogP contribution in [0.4, 0.5) is 0 Å². The molecule has 0 aliphatic rings. The molecule has 0 aromatic heterocycles. The van der Waals surface area contributed by atoms with Crippen molar-refractivity contribution in [1.29, 1.82) is 0 Å². The first kappa shape index (κ1) is 21.4. The van der Waals surface area contributed by atoms with Gasteiger partial charge in [0.15, 0.2) is 6.54 Å². The van der Waals surface area contributed by atoms with Gasteiger partial charge in [0.1, 0.15) is 0 Å². The van der Waals surface area contributed by atoms with Crippen LogP contribution >= 0.6 is 0 Å². The fourth-order valence-electron chi connectivity index (χ4n) is 2.74. The molecular weight excluding hydrogens is 310 g/mol. The maximum Gasteiger partial charge on any atom is 0.361 e. The lowest BCUT2D eigenvalue weighted by atomic mass is 10.1. The Morgan fingerprint density at radius 2 is 1.76 bits per heavy atom. The molecule has 140 valence electrons. The smallest absolute Gasteiger partial charge is 0.361 e. The van der Waals surface area contributed by atoms with E-state index in [1.165, 1.54) is 30.4 Å². The van der Waals surface area contributed by atoms with Gasteiger partial charge in [0, 0.05) is 0 Å². The van der Waals surface area contributed by atoms with Crippen molar-refractivity contribution in [1.82, 2.24) is 0 Å². The SMILES string of the molecule is CCCCCCCOC(=O)C[N+](C)(C)C/C=C(/C)Cc1ccccc1. The Bertz CT molecular complexity index is 520. The first-order valence-corrected chi connectivity index (χ1v) is 9.60. The van der Waals surface area contributed by atoms with Gasteiger partial charge in [0.2, 0.25) is 0 Å². The number of quaternary nitrogens is 1. The van der Waals surface area contributed by atoms with E-state index >= 15 is 0 Å². The summed E-state index contributed by atoms with van der Waals surface area (Å²) in [5.41, 5.74) is 2.66. The number of esters is 1. The fraction of sp³-hybridized carbons (Fsp3) is 0.591. The highest BCUT2D eigenvalue weighted by Crippen LogP contribution is 2.09. The number of rotatable bonds is 12. The molecule has 0 aliphatic heterocycles. The van der Waals surface area contributed by atoms with Crippen molar-refractivity contribution in [2.24, 2.45) is 0 Å². The normalized spacial score (nSPS) is 12.2. The van der Waals surface area contributed by atoms with Crippen LogP contribution in [0.25, 0.3) is 0 Å². The van der Waals surface area contributed by atoms with Crippen LogP contribution < -0.4 is 0 Å². The molecule has 3 nitrogen and oxygen atoms in total. The molecule has 0 heterocycles. The summed E-state index contributed by atoms with van der Waals surface area (Å²) in [7, 11) is 4.16. The number of hydrogen-bond acceptors (Lipinski definition) is 2. The summed E-state index contributed by atoms with van der Waals surface area (Å²) in [6.45, 7) is 6.18. The first-order valence-electron chi connectivity index (χ1n) is 9.60. The van der Waals surface area contributed by atoms with Crippen molar-refractivity contribution in [2.75, 3.05) is 33.8 Å². The average molecular weight is 347 g/mol. The highest BCUT2D eigenvalue weighted by Gasteiger charge is 2.19. The Hall–Kier alpha value is -1.61. The van der Waals surface area contributed by atoms with Crippen molar-refractivity contribution in [3.63, 3.8) is 0 Å². The molecule has 0 fully saturated rings. The van der Waals surface area contributed by atoms with Crippen molar-refractivity contribution in [2.45, 2.75) is 52.4 Å². The molecule has 1 aromatic carbocycles. The van der Waals surface area contributed by atoms with Crippen LogP contribution in [-0.4, -0.2) is 44.2 Å². The van der Waals surface area contributed by atoms with E-state index in [1.807, 2.05) is 6.07 Å². The maximum absolute atomic E-state index is 12.0. The largest absolute Gasteiger partial charge is 0.462 e. The second-order valence-electron chi connectivity index (χ2n) is 7.62. The lowest BCUT2D eigenvalue weighted by molar-refractivity contribution is -0.877. The van der Waals surface area contributed by atoms with Gasteiger partial charge in [0.25, 0.3) is 0 Å². The Labute approximate surface area is 154 Å². The van der Waals surface area contributed by atoms with E-state index in [2.05, 4.69) is 58.3 Å². The van der Waals surface area contributed by atoms with Crippen LogP contribution in [0.15, 0.2) is 42.0 Å². The molecule has 0 spiro atoms. The highest BCUT2D eigenvalue weighted by molar-refractivity contribution is 5.70. The highest BCUT2D eigenvalue weighted by atomic mass is 16.5. The molecular formula is C22H36NO2+. The molecule has 0 N–H and O–H groups in total. The monoisotopic (exact) mass is 346 g/mol. The molecule has 0 bridgehead atoms. The lowest BCUT2D eigenvalue weighted by Crippen LogP contribution is -2.44. The summed E-state index contributed by atoms with van der Waals surface area (Å²) in [5, 5.41) is 0. The van der Waals surface area contributed by atoms with Gasteiger partial charge in [-0.3, -0.25) is 0 Å². The van der Waals surface area contributed by atoms with Crippen LogP contribution in [0, 0.1) is 0 Å². The molecule has 3 heteroatoms. The molecule has 0 amide bonds. The average Bonchev–Trinajstić information content (AvgIpc) is 2.57. The third-order valence-corrected chi connectivity index (χ3v) is 4.33. The van der Waals surface area contributed by atoms with Gasteiger partial charge in [-0.1, -0.05) is 68.5 Å². The minimum absolute atomic E-state index is 0.0883. The summed E-state index contributed by atoms with van der Waals surface area (Å²) >= 11 is 0. The Balaban J connectivity index is 2.29. The molecule has 1 aromatic rings. The van der Waals surface area contributed by atoms with Crippen LogP contribution in [0.5, 0.6) is 0 Å². The number of carbonyl (C=O) groups excluding carboxylic acids is 1. The van der Waals surface area contributed by atoms with Crippen LogP contribution in [0.2, 0.25) is 0 Å². The summed E-state index contributed by atoms with van der Waals surface area (Å²) in [5.74, 6) is -0.0883. The van der Waals surface area contributed by atoms with E-state index in [0.717, 1.165) is 25.8 Å². The predicted molar refractivity (Wildman–Crippen MR) is 105 cm³/mol. The van der Waals surface area contributed by atoms with E-state index in [1.54, 1.807) is 0 Å². The van der Waals surface area contributed by atoms with Gasteiger partial charge in [-0.25, -0.2) is 4.79 Å². The molecule has 0 radical (unpaired) electrons. The molecule has 0 saturated heterocycles. The number of likely N-dealkylation sites (N-methyl/N-ethyl adjacent to an activating group) is 1. The Kier molecular flexibility index (Phi) is 10.2. The van der Waals surface area contributed by atoms with Gasteiger partial charge in [0.05, 0.1) is 27.2 Å². The molecule has 1 rings (SSSR count). The number of carbonyl (C=O) groups is 1. The molecule has 25 heavy (non-hydrogen) atoms. The Morgan fingerprint density at radius 1 is 1.08 bits per heavy atom. The van der Waals surface area contributed by atoms with Gasteiger partial charge in [-0.2, -0.15) is 0 Å². The minimum Gasteiger partial charge on any atom is -0.462 e. The quantitative estimate of drug-likeness (QED) is 0.236. The maximum atomic E-state index is 12.0. The molecule has 0 saturated carbocycles. The van der Waals surface area contributed by atoms with E-state index < -0.39 is 0 Å². The molecule has 0 aliphatic carbocycles. The summed E-state index contributed by atoms with van der Waals surface area (Å²) in [6, 6.07) is 10.5. The second kappa shape index (κ2) is 11.9. The molecule has 0 atom stereocenters. The van der Waals surface area contributed by atoms with Gasteiger partial charge < -0.3 is 9.22 Å². The van der Waals surface area contributed by atoms with E-state index in [0.29, 0.717) is 17.6 Å². The third-order valence-electron chi connectivity index (χ3n) is 4.33. The van der Waals surface area contributed by atoms with Crippen molar-refractivity contribution in [3.8, 4) is 0 Å². The van der Waals surface area contributed by atoms with E-state index in [-0.39, 0.29) is 5.97 Å². The number of benzene rings is 1. The summed E-state index contributed by atoms with van der Waals surface area (Å²) in [6.07, 6.45) is 9.08. The van der Waals surface area contributed by atoms with Crippen LogP contribution in [-0.2, 0) is 16.0 Å². The zero-order chi connectivity index (χ0) is 18.5. The summed E-state index contributed by atoms with van der Waals surface area (Å²) < 4.78 is 6.01.